The molecule has 2 aliphatic heterocycles. The predicted molar refractivity (Wildman–Crippen MR) is 113 cm³/mol. The third kappa shape index (κ3) is 4.47. The third-order valence-electron chi connectivity index (χ3n) is 7.02. The summed E-state index contributed by atoms with van der Waals surface area (Å²) in [5.74, 6) is -1.53. The molecule has 2 amide bonds. The Labute approximate surface area is 187 Å². The highest BCUT2D eigenvalue weighted by Gasteiger charge is 2.50. The lowest BCUT2D eigenvalue weighted by atomic mass is 9.79. The van der Waals surface area contributed by atoms with Crippen molar-refractivity contribution in [2.45, 2.75) is 74.7 Å². The molecule has 2 heterocycles. The van der Waals surface area contributed by atoms with Crippen LogP contribution in [0.1, 0.15) is 51.4 Å². The molecular formula is C22H32N2O8. The Kier molecular flexibility index (Phi) is 7.14. The van der Waals surface area contributed by atoms with E-state index in [0.717, 1.165) is 38.5 Å². The second-order valence-electron chi connectivity index (χ2n) is 8.72. The molecular weight excluding hydrogens is 420 g/mol. The summed E-state index contributed by atoms with van der Waals surface area (Å²) in [6.07, 6.45) is 7.57. The van der Waals surface area contributed by atoms with Crippen molar-refractivity contribution in [1.29, 1.82) is 0 Å². The molecule has 10 nitrogen and oxygen atoms in total. The van der Waals surface area contributed by atoms with Gasteiger partial charge in [0.2, 0.25) is 5.91 Å². The number of hydrogen-bond acceptors (Lipinski definition) is 8. The number of aliphatic hydroxyl groups is 2. The number of ether oxygens (including phenoxy) is 3. The van der Waals surface area contributed by atoms with E-state index in [2.05, 4.69) is 15.4 Å². The summed E-state index contributed by atoms with van der Waals surface area (Å²) < 4.78 is 15.0. The van der Waals surface area contributed by atoms with Crippen molar-refractivity contribution in [3.8, 4) is 0 Å². The zero-order valence-electron chi connectivity index (χ0n) is 18.7. The topological polar surface area (TPSA) is 143 Å². The minimum absolute atomic E-state index is 0.141. The first-order valence-corrected chi connectivity index (χ1v) is 10.8. The smallest absolute Gasteiger partial charge is 0.347 e. The highest BCUT2D eigenvalue weighted by molar-refractivity contribution is 6.19. The monoisotopic (exact) mass is 452 g/mol. The highest BCUT2D eigenvalue weighted by atomic mass is 16.5. The minimum atomic E-state index is -0.810. The second kappa shape index (κ2) is 9.50. The molecule has 178 valence electrons. The first-order chi connectivity index (χ1) is 15.2. The van der Waals surface area contributed by atoms with Crippen molar-refractivity contribution in [3.05, 3.63) is 23.2 Å². The zero-order valence-corrected chi connectivity index (χ0v) is 18.7. The van der Waals surface area contributed by atoms with Crippen molar-refractivity contribution in [2.24, 2.45) is 0 Å². The summed E-state index contributed by atoms with van der Waals surface area (Å²) in [6, 6.07) is 0. The maximum absolute atomic E-state index is 11.7. The van der Waals surface area contributed by atoms with Gasteiger partial charge in [0.15, 0.2) is 5.57 Å². The molecule has 0 radical (unpaired) electrons. The second-order valence-corrected chi connectivity index (χ2v) is 8.72. The number of nitrogens with one attached hydrogen (secondary N) is 2. The number of carbonyl (C=O) groups excluding carboxylic acids is 3. The van der Waals surface area contributed by atoms with Crippen LogP contribution in [-0.4, -0.2) is 72.6 Å². The molecule has 2 fully saturated rings. The maximum Gasteiger partial charge on any atom is 0.347 e. The molecule has 2 spiro atoms. The summed E-state index contributed by atoms with van der Waals surface area (Å²) in [5, 5.41) is 25.4. The molecule has 0 aromatic heterocycles. The van der Waals surface area contributed by atoms with E-state index in [-0.39, 0.29) is 35.2 Å². The fourth-order valence-electron chi connectivity index (χ4n) is 4.96. The first-order valence-electron chi connectivity index (χ1n) is 10.8. The van der Waals surface area contributed by atoms with Crippen molar-refractivity contribution < 1.29 is 38.8 Å². The summed E-state index contributed by atoms with van der Waals surface area (Å²) in [4.78, 5) is 34.3. The number of esters is 1. The average molecular weight is 453 g/mol. The SMILES string of the molecule is COC(=O)C1=C(O)C2(CCC(OC)CC2)NC1=O.COC1CCC2(CC1)NC(=O)C=C2O. The number of aliphatic hydroxyl groups excluding tert-OH is 2. The molecule has 0 aromatic rings. The van der Waals surface area contributed by atoms with Gasteiger partial charge in [0.05, 0.1) is 30.4 Å². The molecule has 0 saturated heterocycles. The van der Waals surface area contributed by atoms with Gasteiger partial charge in [-0.2, -0.15) is 0 Å². The van der Waals surface area contributed by atoms with Crippen LogP contribution >= 0.6 is 0 Å². The van der Waals surface area contributed by atoms with Gasteiger partial charge in [-0.3, -0.25) is 9.59 Å². The normalized spacial score (nSPS) is 34.0. The largest absolute Gasteiger partial charge is 0.510 e. The number of methoxy groups -OCH3 is 3. The van der Waals surface area contributed by atoms with Gasteiger partial charge in [-0.1, -0.05) is 0 Å². The number of carbonyl (C=O) groups is 3. The molecule has 0 atom stereocenters. The lowest BCUT2D eigenvalue weighted by Crippen LogP contribution is -2.48. The third-order valence-corrected chi connectivity index (χ3v) is 7.02. The lowest BCUT2D eigenvalue weighted by Gasteiger charge is -2.36. The summed E-state index contributed by atoms with van der Waals surface area (Å²) in [6.45, 7) is 0. The molecule has 2 saturated carbocycles. The van der Waals surface area contributed by atoms with Gasteiger partial charge >= 0.3 is 5.97 Å². The van der Waals surface area contributed by atoms with E-state index in [4.69, 9.17) is 9.47 Å². The van der Waals surface area contributed by atoms with E-state index < -0.39 is 23.0 Å². The fourth-order valence-corrected chi connectivity index (χ4v) is 4.96. The van der Waals surface area contributed by atoms with Crippen LogP contribution in [0.2, 0.25) is 0 Å². The van der Waals surface area contributed by atoms with Crippen LogP contribution in [0.3, 0.4) is 0 Å². The van der Waals surface area contributed by atoms with Crippen molar-refractivity contribution >= 4 is 17.8 Å². The van der Waals surface area contributed by atoms with Crippen molar-refractivity contribution in [3.63, 3.8) is 0 Å². The minimum Gasteiger partial charge on any atom is -0.510 e. The molecule has 2 aliphatic carbocycles. The Morgan fingerprint density at radius 3 is 1.81 bits per heavy atom. The van der Waals surface area contributed by atoms with Crippen LogP contribution in [-0.2, 0) is 28.6 Å². The van der Waals surface area contributed by atoms with Crippen LogP contribution in [0.15, 0.2) is 23.2 Å². The van der Waals surface area contributed by atoms with Crippen LogP contribution in [0.5, 0.6) is 0 Å². The van der Waals surface area contributed by atoms with Gasteiger partial charge in [0.1, 0.15) is 11.5 Å². The summed E-state index contributed by atoms with van der Waals surface area (Å²) in [7, 11) is 4.53. The Hall–Kier alpha value is -2.59. The van der Waals surface area contributed by atoms with Gasteiger partial charge in [-0.25, -0.2) is 4.79 Å². The quantitative estimate of drug-likeness (QED) is 0.371. The average Bonchev–Trinajstić information content (AvgIpc) is 3.20. The number of amides is 2. The van der Waals surface area contributed by atoms with Crippen molar-refractivity contribution in [2.75, 3.05) is 21.3 Å². The van der Waals surface area contributed by atoms with Gasteiger partial charge in [0, 0.05) is 20.3 Å². The van der Waals surface area contributed by atoms with Gasteiger partial charge in [0.25, 0.3) is 5.91 Å². The number of rotatable bonds is 3. The highest BCUT2D eigenvalue weighted by Crippen LogP contribution is 2.39. The van der Waals surface area contributed by atoms with E-state index in [0.29, 0.717) is 12.8 Å². The Balaban J connectivity index is 0.000000186. The van der Waals surface area contributed by atoms with E-state index >= 15 is 0 Å². The first kappa shape index (κ1) is 24.1. The molecule has 10 heteroatoms. The molecule has 4 aliphatic rings. The van der Waals surface area contributed by atoms with Gasteiger partial charge in [-0.15, -0.1) is 0 Å². The maximum atomic E-state index is 11.7. The molecule has 32 heavy (non-hydrogen) atoms. The van der Waals surface area contributed by atoms with E-state index in [9.17, 15) is 24.6 Å². The molecule has 4 rings (SSSR count). The molecule has 4 N–H and O–H groups in total. The Morgan fingerprint density at radius 1 is 0.906 bits per heavy atom. The Bertz CT molecular complexity index is 818. The summed E-state index contributed by atoms with van der Waals surface area (Å²) in [5.41, 5.74) is -1.56. The fraction of sp³-hybridized carbons (Fsp3) is 0.682. The molecule has 0 unspecified atom stereocenters. The van der Waals surface area contributed by atoms with Crippen molar-refractivity contribution in [1.82, 2.24) is 10.6 Å². The van der Waals surface area contributed by atoms with Gasteiger partial charge in [-0.05, 0) is 51.4 Å². The molecule has 0 bridgehead atoms. The van der Waals surface area contributed by atoms with Crippen LogP contribution in [0, 0.1) is 0 Å². The standard InChI is InChI=1S/C12H17NO5.C10H15NO3/c1-17-7-3-5-12(6-4-7)9(14)8(10(15)13-12)11(16)18-2;1-14-7-2-4-10(5-3-7)8(12)6-9(13)11-10/h7,14H,3-6H2,1-2H3,(H,13,15);6-7,12H,2-5H2,1H3,(H,11,13). The van der Waals surface area contributed by atoms with E-state index in [1.54, 1.807) is 14.2 Å². The Morgan fingerprint density at radius 2 is 1.41 bits per heavy atom. The van der Waals surface area contributed by atoms with Gasteiger partial charge < -0.3 is 35.1 Å². The van der Waals surface area contributed by atoms with Crippen LogP contribution in [0.4, 0.5) is 0 Å². The van der Waals surface area contributed by atoms with Crippen LogP contribution in [0.25, 0.3) is 0 Å². The van der Waals surface area contributed by atoms with Crippen LogP contribution < -0.4 is 10.6 Å². The van der Waals surface area contributed by atoms with E-state index in [1.165, 1.54) is 13.2 Å². The zero-order chi connectivity index (χ0) is 23.5. The summed E-state index contributed by atoms with van der Waals surface area (Å²) >= 11 is 0. The predicted octanol–water partition coefficient (Wildman–Crippen LogP) is 1.32. The number of hydrogen-bond donors (Lipinski definition) is 4. The van der Waals surface area contributed by atoms with E-state index in [1.807, 2.05) is 0 Å². The molecule has 0 aromatic carbocycles. The lowest BCUT2D eigenvalue weighted by molar-refractivity contribution is -0.138.